The molecule has 0 amide bonds. The lowest BCUT2D eigenvalue weighted by Crippen LogP contribution is -2.27. The van der Waals surface area contributed by atoms with E-state index < -0.39 is 0 Å². The second-order valence-electron chi connectivity index (χ2n) is 2.58. The van der Waals surface area contributed by atoms with Gasteiger partial charge in [0.15, 0.2) is 0 Å². The van der Waals surface area contributed by atoms with Crippen molar-refractivity contribution in [2.75, 3.05) is 6.54 Å². The van der Waals surface area contributed by atoms with Crippen LogP contribution in [0.25, 0.3) is 0 Å². The molecular weight excluding hydrogens is 88.1 g/mol. The highest BCUT2D eigenvalue weighted by atomic mass is 15.1. The van der Waals surface area contributed by atoms with Crippen LogP contribution in [0, 0.1) is 5.92 Å². The average Bonchev–Trinajstić information content (AvgIpc) is 2.33. The SMILES string of the molecule is NC1CNC2CC12. The minimum absolute atomic E-state index is 0.477. The molecule has 2 nitrogen and oxygen atoms in total. The first-order chi connectivity index (χ1) is 3.38. The van der Waals surface area contributed by atoms with Crippen molar-refractivity contribution < 1.29 is 0 Å². The molecule has 1 saturated heterocycles. The predicted molar refractivity (Wildman–Crippen MR) is 27.9 cm³/mol. The van der Waals surface area contributed by atoms with Crippen LogP contribution in [0.4, 0.5) is 0 Å². The quantitative estimate of drug-likeness (QED) is 0.420. The summed E-state index contributed by atoms with van der Waals surface area (Å²) in [5, 5.41) is 3.32. The number of fused-ring (bicyclic) bond motifs is 1. The van der Waals surface area contributed by atoms with Gasteiger partial charge in [0.25, 0.3) is 0 Å². The molecule has 3 N–H and O–H groups in total. The highest BCUT2D eigenvalue weighted by molar-refractivity contribution is 5.05. The Balaban J connectivity index is 2.08. The summed E-state index contributed by atoms with van der Waals surface area (Å²) < 4.78 is 0. The Morgan fingerprint density at radius 3 is 2.57 bits per heavy atom. The van der Waals surface area contributed by atoms with Gasteiger partial charge in [-0.05, 0) is 12.3 Å². The molecule has 1 heterocycles. The summed E-state index contributed by atoms with van der Waals surface area (Å²) in [7, 11) is 0. The molecule has 2 fully saturated rings. The van der Waals surface area contributed by atoms with E-state index in [1.807, 2.05) is 0 Å². The molecule has 2 aliphatic rings. The third kappa shape index (κ3) is 0.409. The fourth-order valence-electron chi connectivity index (χ4n) is 1.36. The summed E-state index contributed by atoms with van der Waals surface area (Å²) in [6.07, 6.45) is 1.33. The Morgan fingerprint density at radius 2 is 2.43 bits per heavy atom. The van der Waals surface area contributed by atoms with E-state index in [-0.39, 0.29) is 0 Å². The second kappa shape index (κ2) is 1.01. The Hall–Kier alpha value is -0.0800. The molecule has 1 saturated carbocycles. The van der Waals surface area contributed by atoms with Crippen LogP contribution in [0.5, 0.6) is 0 Å². The maximum atomic E-state index is 5.66. The Morgan fingerprint density at radius 1 is 1.57 bits per heavy atom. The Labute approximate surface area is 43.1 Å². The van der Waals surface area contributed by atoms with Crippen molar-refractivity contribution in [3.8, 4) is 0 Å². The van der Waals surface area contributed by atoms with Crippen LogP contribution in [-0.2, 0) is 0 Å². The first kappa shape index (κ1) is 3.87. The first-order valence-corrected chi connectivity index (χ1v) is 2.87. The van der Waals surface area contributed by atoms with Gasteiger partial charge >= 0.3 is 0 Å². The average molecular weight is 98.1 g/mol. The van der Waals surface area contributed by atoms with Gasteiger partial charge in [-0.25, -0.2) is 0 Å². The maximum Gasteiger partial charge on any atom is 0.0209 e. The summed E-state index contributed by atoms with van der Waals surface area (Å²) in [5.41, 5.74) is 5.66. The van der Waals surface area contributed by atoms with E-state index in [2.05, 4.69) is 5.32 Å². The fraction of sp³-hybridized carbons (Fsp3) is 1.00. The number of nitrogens with two attached hydrogens (primary N) is 1. The zero-order valence-corrected chi connectivity index (χ0v) is 4.22. The largest absolute Gasteiger partial charge is 0.326 e. The molecular formula is C5H10N2. The molecule has 0 aromatic heterocycles. The van der Waals surface area contributed by atoms with Crippen LogP contribution in [-0.4, -0.2) is 18.6 Å². The van der Waals surface area contributed by atoms with Crippen molar-refractivity contribution in [1.29, 1.82) is 0 Å². The lowest BCUT2D eigenvalue weighted by molar-refractivity contribution is 0.635. The van der Waals surface area contributed by atoms with E-state index >= 15 is 0 Å². The van der Waals surface area contributed by atoms with Crippen molar-refractivity contribution in [1.82, 2.24) is 5.32 Å². The standard InChI is InChI=1S/C5H10N2/c6-4-2-7-5-1-3(4)5/h3-5,7H,1-2,6H2. The molecule has 0 aromatic rings. The highest BCUT2D eigenvalue weighted by Crippen LogP contribution is 2.36. The van der Waals surface area contributed by atoms with Crippen LogP contribution in [0.3, 0.4) is 0 Å². The number of rotatable bonds is 0. The third-order valence-corrected chi connectivity index (χ3v) is 2.01. The molecule has 0 bridgehead atoms. The lowest BCUT2D eigenvalue weighted by Gasteiger charge is -1.99. The van der Waals surface area contributed by atoms with Crippen LogP contribution >= 0.6 is 0 Å². The maximum absolute atomic E-state index is 5.66. The zero-order valence-electron chi connectivity index (χ0n) is 4.22. The number of nitrogens with one attached hydrogen (secondary N) is 1. The molecule has 0 spiro atoms. The normalized spacial score (nSPS) is 57.0. The number of hydrogen-bond donors (Lipinski definition) is 2. The summed E-state index contributed by atoms with van der Waals surface area (Å²) in [4.78, 5) is 0. The molecule has 40 valence electrons. The molecule has 3 unspecified atom stereocenters. The summed E-state index contributed by atoms with van der Waals surface area (Å²) >= 11 is 0. The molecule has 0 aromatic carbocycles. The van der Waals surface area contributed by atoms with Crippen molar-refractivity contribution in [3.63, 3.8) is 0 Å². The van der Waals surface area contributed by atoms with Crippen LogP contribution in [0.15, 0.2) is 0 Å². The van der Waals surface area contributed by atoms with Crippen molar-refractivity contribution in [3.05, 3.63) is 0 Å². The molecule has 2 heteroatoms. The summed E-state index contributed by atoms with van der Waals surface area (Å²) in [6.45, 7) is 1.05. The van der Waals surface area contributed by atoms with E-state index in [1.165, 1.54) is 6.42 Å². The van der Waals surface area contributed by atoms with Crippen molar-refractivity contribution in [2.24, 2.45) is 11.7 Å². The van der Waals surface area contributed by atoms with Gasteiger partial charge in [-0.1, -0.05) is 0 Å². The summed E-state index contributed by atoms with van der Waals surface area (Å²) in [6, 6.07) is 1.29. The van der Waals surface area contributed by atoms with Gasteiger partial charge in [-0.3, -0.25) is 0 Å². The van der Waals surface area contributed by atoms with Crippen LogP contribution < -0.4 is 11.1 Å². The number of hydrogen-bond acceptors (Lipinski definition) is 2. The van der Waals surface area contributed by atoms with Gasteiger partial charge in [-0.2, -0.15) is 0 Å². The van der Waals surface area contributed by atoms with Crippen molar-refractivity contribution in [2.45, 2.75) is 18.5 Å². The smallest absolute Gasteiger partial charge is 0.0209 e. The molecule has 1 aliphatic carbocycles. The number of piperidine rings is 1. The van der Waals surface area contributed by atoms with Crippen LogP contribution in [0.1, 0.15) is 6.42 Å². The van der Waals surface area contributed by atoms with E-state index in [9.17, 15) is 0 Å². The predicted octanol–water partition coefficient (Wildman–Crippen LogP) is -0.695. The molecule has 0 radical (unpaired) electrons. The van der Waals surface area contributed by atoms with E-state index in [4.69, 9.17) is 5.73 Å². The van der Waals surface area contributed by atoms with E-state index in [0.717, 1.165) is 18.5 Å². The topological polar surface area (TPSA) is 38.0 Å². The summed E-state index contributed by atoms with van der Waals surface area (Å²) in [5.74, 6) is 0.847. The fourth-order valence-corrected chi connectivity index (χ4v) is 1.36. The minimum Gasteiger partial charge on any atom is -0.326 e. The molecule has 3 atom stereocenters. The van der Waals surface area contributed by atoms with Gasteiger partial charge in [0, 0.05) is 18.6 Å². The van der Waals surface area contributed by atoms with Crippen molar-refractivity contribution >= 4 is 0 Å². The third-order valence-electron chi connectivity index (χ3n) is 2.01. The van der Waals surface area contributed by atoms with E-state index in [1.54, 1.807) is 0 Å². The monoisotopic (exact) mass is 98.1 g/mol. The van der Waals surface area contributed by atoms with Gasteiger partial charge < -0.3 is 11.1 Å². The molecule has 2 rings (SSSR count). The first-order valence-electron chi connectivity index (χ1n) is 2.87. The van der Waals surface area contributed by atoms with Crippen LogP contribution in [0.2, 0.25) is 0 Å². The van der Waals surface area contributed by atoms with Gasteiger partial charge in [0.2, 0.25) is 0 Å². The zero-order chi connectivity index (χ0) is 4.85. The van der Waals surface area contributed by atoms with Gasteiger partial charge in [0.05, 0.1) is 0 Å². The van der Waals surface area contributed by atoms with Gasteiger partial charge in [-0.15, -0.1) is 0 Å². The second-order valence-corrected chi connectivity index (χ2v) is 2.58. The lowest BCUT2D eigenvalue weighted by atomic mass is 10.2. The minimum atomic E-state index is 0.477. The Kier molecular flexibility index (Phi) is 0.557. The molecule has 7 heavy (non-hydrogen) atoms. The highest BCUT2D eigenvalue weighted by Gasteiger charge is 2.46. The molecule has 1 aliphatic heterocycles. The van der Waals surface area contributed by atoms with E-state index in [0.29, 0.717) is 6.04 Å². The Bertz CT molecular complexity index is 92.1. The van der Waals surface area contributed by atoms with Gasteiger partial charge in [0.1, 0.15) is 0 Å².